The monoisotopic (exact) mass is 289 g/mol. The van der Waals surface area contributed by atoms with E-state index in [1.54, 1.807) is 36.6 Å². The van der Waals surface area contributed by atoms with Crippen molar-refractivity contribution < 1.29 is 14.7 Å². The van der Waals surface area contributed by atoms with Crippen molar-refractivity contribution in [2.75, 3.05) is 11.9 Å². The second kappa shape index (κ2) is 6.34. The summed E-state index contributed by atoms with van der Waals surface area (Å²) in [6.07, 6.45) is 1.04. The van der Waals surface area contributed by atoms with E-state index >= 15 is 0 Å². The van der Waals surface area contributed by atoms with Gasteiger partial charge in [0.15, 0.2) is 0 Å². The molecule has 0 radical (unpaired) electrons. The second-order valence-electron chi connectivity index (χ2n) is 4.35. The number of carboxylic acid groups (broad SMARTS) is 1. The van der Waals surface area contributed by atoms with Gasteiger partial charge in [-0.25, -0.2) is 4.79 Å². The summed E-state index contributed by atoms with van der Waals surface area (Å²) in [6, 6.07) is 10.5. The molecule has 1 N–H and O–H groups in total. The third-order valence-electron chi connectivity index (χ3n) is 3.04. The van der Waals surface area contributed by atoms with Crippen LogP contribution in [0.3, 0.4) is 0 Å². The zero-order valence-corrected chi connectivity index (χ0v) is 11.9. The fourth-order valence-corrected chi connectivity index (χ4v) is 2.64. The average Bonchev–Trinajstić information content (AvgIpc) is 2.97. The zero-order chi connectivity index (χ0) is 14.5. The van der Waals surface area contributed by atoms with Crippen molar-refractivity contribution in [3.8, 4) is 0 Å². The molecule has 0 aliphatic carbocycles. The summed E-state index contributed by atoms with van der Waals surface area (Å²) in [5.74, 6) is -1.12. The Morgan fingerprint density at radius 2 is 1.95 bits per heavy atom. The molecule has 1 aromatic carbocycles. The molecule has 1 aromatic heterocycles. The number of rotatable bonds is 5. The Kier molecular flexibility index (Phi) is 4.53. The minimum Gasteiger partial charge on any atom is -0.478 e. The van der Waals surface area contributed by atoms with Crippen LogP contribution in [0.4, 0.5) is 5.69 Å². The Labute approximate surface area is 121 Å². The fraction of sp³-hybridized carbons (Fsp3) is 0.200. The van der Waals surface area contributed by atoms with Crippen LogP contribution in [0.5, 0.6) is 0 Å². The lowest BCUT2D eigenvalue weighted by Gasteiger charge is -2.19. The first-order valence-electron chi connectivity index (χ1n) is 6.21. The molecule has 1 amide bonds. The average molecular weight is 289 g/mol. The summed E-state index contributed by atoms with van der Waals surface area (Å²) in [5, 5.41) is 11.1. The molecule has 4 nitrogen and oxygen atoms in total. The number of carbonyl (C=O) groups excluding carboxylic acids is 1. The maximum Gasteiger partial charge on any atom is 0.337 e. The molecule has 104 valence electrons. The van der Waals surface area contributed by atoms with Crippen LogP contribution in [0.1, 0.15) is 21.7 Å². The highest BCUT2D eigenvalue weighted by molar-refractivity contribution is 7.09. The maximum atomic E-state index is 12.2. The molecular formula is C15H15NO3S. The van der Waals surface area contributed by atoms with Gasteiger partial charge in [0.25, 0.3) is 0 Å². The molecular weight excluding hydrogens is 274 g/mol. The largest absolute Gasteiger partial charge is 0.478 e. The first-order valence-corrected chi connectivity index (χ1v) is 7.09. The number of aromatic carboxylic acids is 1. The number of para-hydroxylation sites is 1. The Hall–Kier alpha value is -2.14. The molecule has 0 aliphatic heterocycles. The van der Waals surface area contributed by atoms with Crippen molar-refractivity contribution in [1.29, 1.82) is 0 Å². The van der Waals surface area contributed by atoms with Crippen LogP contribution in [0.25, 0.3) is 0 Å². The van der Waals surface area contributed by atoms with E-state index in [-0.39, 0.29) is 11.5 Å². The van der Waals surface area contributed by atoms with Gasteiger partial charge in [-0.2, -0.15) is 0 Å². The van der Waals surface area contributed by atoms with Gasteiger partial charge < -0.3 is 10.0 Å². The van der Waals surface area contributed by atoms with Crippen LogP contribution in [-0.4, -0.2) is 24.0 Å². The number of nitrogens with zero attached hydrogens (tertiary/aromatic N) is 1. The van der Waals surface area contributed by atoms with Crippen molar-refractivity contribution in [2.45, 2.75) is 12.8 Å². The van der Waals surface area contributed by atoms with Gasteiger partial charge in [-0.05, 0) is 30.0 Å². The topological polar surface area (TPSA) is 57.6 Å². The van der Waals surface area contributed by atoms with E-state index in [1.807, 2.05) is 17.5 Å². The van der Waals surface area contributed by atoms with E-state index in [1.165, 1.54) is 11.0 Å². The molecule has 5 heteroatoms. The standard InChI is InChI=1S/C15H15NO3S/c1-16(13-7-3-2-6-12(13)15(18)19)14(17)9-8-11-5-4-10-20-11/h2-7,10H,8-9H2,1H3,(H,18,19). The first-order chi connectivity index (χ1) is 9.59. The molecule has 0 aliphatic rings. The predicted molar refractivity (Wildman–Crippen MR) is 79.5 cm³/mol. The first kappa shape index (κ1) is 14.3. The Balaban J connectivity index is 2.08. The molecule has 0 spiro atoms. The Bertz CT molecular complexity index is 607. The van der Waals surface area contributed by atoms with Crippen molar-refractivity contribution >= 4 is 28.9 Å². The molecule has 2 rings (SSSR count). The lowest BCUT2D eigenvalue weighted by atomic mass is 10.1. The predicted octanol–water partition coefficient (Wildman–Crippen LogP) is 3.04. The van der Waals surface area contributed by atoms with Gasteiger partial charge in [0.2, 0.25) is 5.91 Å². The van der Waals surface area contributed by atoms with Crippen LogP contribution in [-0.2, 0) is 11.2 Å². The number of hydrogen-bond acceptors (Lipinski definition) is 3. The van der Waals surface area contributed by atoms with Crippen molar-refractivity contribution in [3.05, 3.63) is 52.2 Å². The number of benzene rings is 1. The van der Waals surface area contributed by atoms with Crippen LogP contribution >= 0.6 is 11.3 Å². The highest BCUT2D eigenvalue weighted by Crippen LogP contribution is 2.20. The highest BCUT2D eigenvalue weighted by Gasteiger charge is 2.17. The van der Waals surface area contributed by atoms with Crippen molar-refractivity contribution in [2.24, 2.45) is 0 Å². The van der Waals surface area contributed by atoms with Crippen LogP contribution < -0.4 is 4.90 Å². The van der Waals surface area contributed by atoms with Crippen molar-refractivity contribution in [1.82, 2.24) is 0 Å². The molecule has 0 fully saturated rings. The van der Waals surface area contributed by atoms with Gasteiger partial charge in [0.1, 0.15) is 0 Å². The minimum absolute atomic E-state index is 0.0906. The molecule has 0 saturated carbocycles. The summed E-state index contributed by atoms with van der Waals surface area (Å²) in [5.41, 5.74) is 0.565. The lowest BCUT2D eigenvalue weighted by molar-refractivity contribution is -0.118. The van der Waals surface area contributed by atoms with E-state index in [0.717, 1.165) is 4.88 Å². The SMILES string of the molecule is CN(C(=O)CCc1cccs1)c1ccccc1C(=O)O. The second-order valence-corrected chi connectivity index (χ2v) is 5.39. The summed E-state index contributed by atoms with van der Waals surface area (Å²) in [7, 11) is 1.61. The van der Waals surface area contributed by atoms with Crippen LogP contribution in [0, 0.1) is 0 Å². The van der Waals surface area contributed by atoms with Gasteiger partial charge in [0, 0.05) is 18.3 Å². The molecule has 1 heterocycles. The lowest BCUT2D eigenvalue weighted by Crippen LogP contribution is -2.28. The van der Waals surface area contributed by atoms with Gasteiger partial charge in [-0.3, -0.25) is 4.79 Å². The number of amides is 1. The molecule has 0 bridgehead atoms. The zero-order valence-electron chi connectivity index (χ0n) is 11.1. The summed E-state index contributed by atoms with van der Waals surface area (Å²) in [4.78, 5) is 25.9. The number of thiophene rings is 1. The van der Waals surface area contributed by atoms with E-state index in [0.29, 0.717) is 18.5 Å². The normalized spacial score (nSPS) is 10.2. The fourth-order valence-electron chi connectivity index (χ4n) is 1.93. The maximum absolute atomic E-state index is 12.2. The third-order valence-corrected chi connectivity index (χ3v) is 3.97. The third kappa shape index (κ3) is 3.24. The van der Waals surface area contributed by atoms with Crippen LogP contribution in [0.2, 0.25) is 0 Å². The number of carbonyl (C=O) groups is 2. The number of anilines is 1. The smallest absolute Gasteiger partial charge is 0.337 e. The number of aryl methyl sites for hydroxylation is 1. The molecule has 0 saturated heterocycles. The highest BCUT2D eigenvalue weighted by atomic mass is 32.1. The molecule has 0 unspecified atom stereocenters. The molecule has 20 heavy (non-hydrogen) atoms. The number of carboxylic acids is 1. The van der Waals surface area contributed by atoms with Gasteiger partial charge >= 0.3 is 5.97 Å². The summed E-state index contributed by atoms with van der Waals surface area (Å²) >= 11 is 1.62. The van der Waals surface area contributed by atoms with Gasteiger partial charge in [-0.15, -0.1) is 11.3 Å². The van der Waals surface area contributed by atoms with Crippen molar-refractivity contribution in [3.63, 3.8) is 0 Å². The Morgan fingerprint density at radius 1 is 1.20 bits per heavy atom. The quantitative estimate of drug-likeness (QED) is 0.920. The van der Waals surface area contributed by atoms with E-state index in [9.17, 15) is 9.59 Å². The molecule has 0 atom stereocenters. The van der Waals surface area contributed by atoms with E-state index < -0.39 is 5.97 Å². The summed E-state index contributed by atoms with van der Waals surface area (Å²) < 4.78 is 0. The van der Waals surface area contributed by atoms with E-state index in [2.05, 4.69) is 0 Å². The van der Waals surface area contributed by atoms with Crippen LogP contribution in [0.15, 0.2) is 41.8 Å². The Morgan fingerprint density at radius 3 is 2.60 bits per heavy atom. The van der Waals surface area contributed by atoms with E-state index in [4.69, 9.17) is 5.11 Å². The van der Waals surface area contributed by atoms with Gasteiger partial charge in [0.05, 0.1) is 11.3 Å². The number of hydrogen-bond donors (Lipinski definition) is 1. The summed E-state index contributed by atoms with van der Waals surface area (Å²) in [6.45, 7) is 0. The van der Waals surface area contributed by atoms with Gasteiger partial charge in [-0.1, -0.05) is 18.2 Å². The minimum atomic E-state index is -1.03. The molecule has 2 aromatic rings.